The number of sulfonamides is 1. The molecular formula is C13H19ClN6O3S2. The van der Waals surface area contributed by atoms with Crippen LogP contribution in [0.1, 0.15) is 12.8 Å². The summed E-state index contributed by atoms with van der Waals surface area (Å²) < 4.78 is 33.8. The molecule has 0 radical (unpaired) electrons. The molecule has 1 aliphatic rings. The molecule has 138 valence electrons. The number of anilines is 1. The quantitative estimate of drug-likeness (QED) is 0.655. The molecule has 0 aromatic carbocycles. The molecule has 1 saturated heterocycles. The fourth-order valence-electron chi connectivity index (χ4n) is 2.49. The first kappa shape index (κ1) is 18.6. The van der Waals surface area contributed by atoms with Gasteiger partial charge in [-0.05, 0) is 19.1 Å². The van der Waals surface area contributed by atoms with E-state index in [4.69, 9.17) is 16.3 Å². The number of rotatable bonds is 7. The van der Waals surface area contributed by atoms with E-state index >= 15 is 0 Å². The first-order valence-electron chi connectivity index (χ1n) is 7.76. The van der Waals surface area contributed by atoms with Crippen molar-refractivity contribution in [2.75, 3.05) is 37.1 Å². The lowest BCUT2D eigenvalue weighted by Gasteiger charge is -2.23. The van der Waals surface area contributed by atoms with Crippen molar-refractivity contribution >= 4 is 45.0 Å². The monoisotopic (exact) mass is 406 g/mol. The van der Waals surface area contributed by atoms with E-state index in [0.29, 0.717) is 35.1 Å². The van der Waals surface area contributed by atoms with Gasteiger partial charge in [-0.25, -0.2) is 18.1 Å². The first-order chi connectivity index (χ1) is 12.0. The van der Waals surface area contributed by atoms with Crippen LogP contribution in [0.15, 0.2) is 11.2 Å². The number of thioether (sulfide) groups is 1. The van der Waals surface area contributed by atoms with Crippen LogP contribution in [0, 0.1) is 0 Å². The largest absolute Gasteiger partial charge is 0.380 e. The van der Waals surface area contributed by atoms with Crippen LogP contribution < -0.4 is 10.0 Å². The Hall–Kier alpha value is -1.14. The average Bonchev–Trinajstić information content (AvgIpc) is 2.95. The Morgan fingerprint density at radius 1 is 1.48 bits per heavy atom. The number of halogens is 1. The zero-order valence-corrected chi connectivity index (χ0v) is 16.0. The summed E-state index contributed by atoms with van der Waals surface area (Å²) >= 11 is 7.29. The first-order valence-corrected chi connectivity index (χ1v) is 11.0. The third-order valence-corrected chi connectivity index (χ3v) is 5.78. The molecule has 1 atom stereocenters. The Morgan fingerprint density at radius 3 is 3.04 bits per heavy atom. The molecule has 9 nitrogen and oxygen atoms in total. The smallest absolute Gasteiger partial charge is 0.228 e. The minimum Gasteiger partial charge on any atom is -0.380 e. The maximum atomic E-state index is 12.2. The number of hydrogen-bond acceptors (Lipinski definition) is 8. The topological polar surface area (TPSA) is 111 Å². The summed E-state index contributed by atoms with van der Waals surface area (Å²) in [6, 6.07) is 1.47. The molecule has 25 heavy (non-hydrogen) atoms. The van der Waals surface area contributed by atoms with Crippen molar-refractivity contribution in [3.05, 3.63) is 11.2 Å². The normalized spacial score (nSPS) is 18.6. The van der Waals surface area contributed by atoms with Crippen LogP contribution in [-0.4, -0.2) is 65.8 Å². The van der Waals surface area contributed by atoms with Gasteiger partial charge in [-0.1, -0.05) is 23.4 Å². The minimum atomic E-state index is -3.41. The van der Waals surface area contributed by atoms with Crippen molar-refractivity contribution in [2.24, 2.45) is 0 Å². The second-order valence-corrected chi connectivity index (χ2v) is 8.58. The van der Waals surface area contributed by atoms with Crippen LogP contribution in [0.5, 0.6) is 0 Å². The number of nitrogens with zero attached hydrogens (tertiary/aromatic N) is 4. The Bertz CT molecular complexity index is 838. The van der Waals surface area contributed by atoms with Gasteiger partial charge in [-0.2, -0.15) is 14.6 Å². The third-order valence-electron chi connectivity index (χ3n) is 3.62. The molecule has 3 rings (SSSR count). The maximum Gasteiger partial charge on any atom is 0.228 e. The number of hydrogen-bond donors (Lipinski definition) is 2. The molecule has 0 spiro atoms. The van der Waals surface area contributed by atoms with E-state index < -0.39 is 10.0 Å². The Morgan fingerprint density at radius 2 is 2.32 bits per heavy atom. The minimum absolute atomic E-state index is 0.0847. The van der Waals surface area contributed by atoms with Crippen LogP contribution in [0.2, 0.25) is 5.15 Å². The predicted molar refractivity (Wildman–Crippen MR) is 96.8 cm³/mol. The zero-order valence-electron chi connectivity index (χ0n) is 13.6. The summed E-state index contributed by atoms with van der Waals surface area (Å²) in [7, 11) is -3.41. The van der Waals surface area contributed by atoms with Gasteiger partial charge in [-0.3, -0.25) is 0 Å². The summed E-state index contributed by atoms with van der Waals surface area (Å²) in [5.74, 6) is 0.316. The molecule has 2 aromatic rings. The molecule has 1 fully saturated rings. The summed E-state index contributed by atoms with van der Waals surface area (Å²) in [6.45, 7) is 1.29. The molecule has 1 aliphatic heterocycles. The summed E-state index contributed by atoms with van der Waals surface area (Å²) in [5.41, 5.74) is 0.548. The highest BCUT2D eigenvalue weighted by Crippen LogP contribution is 2.17. The number of fused-ring (bicyclic) bond motifs is 1. The van der Waals surface area contributed by atoms with E-state index in [9.17, 15) is 8.42 Å². The highest BCUT2D eigenvalue weighted by molar-refractivity contribution is 7.98. The summed E-state index contributed by atoms with van der Waals surface area (Å²) in [4.78, 5) is 8.61. The third kappa shape index (κ3) is 4.94. The van der Waals surface area contributed by atoms with E-state index in [0.717, 1.165) is 12.8 Å². The lowest BCUT2D eigenvalue weighted by molar-refractivity contribution is 0.0774. The van der Waals surface area contributed by atoms with Crippen molar-refractivity contribution in [3.63, 3.8) is 0 Å². The highest BCUT2D eigenvalue weighted by atomic mass is 35.5. The Balaban J connectivity index is 1.64. The van der Waals surface area contributed by atoms with Crippen molar-refractivity contribution in [3.8, 4) is 0 Å². The van der Waals surface area contributed by atoms with E-state index in [-0.39, 0.29) is 18.3 Å². The Kier molecular flexibility index (Phi) is 6.00. The molecule has 0 bridgehead atoms. The molecule has 0 aliphatic carbocycles. The van der Waals surface area contributed by atoms with Crippen molar-refractivity contribution in [1.29, 1.82) is 0 Å². The van der Waals surface area contributed by atoms with Gasteiger partial charge in [-0.15, -0.1) is 0 Å². The number of ether oxygens (including phenoxy) is 1. The van der Waals surface area contributed by atoms with Crippen LogP contribution >= 0.6 is 23.4 Å². The van der Waals surface area contributed by atoms with E-state index in [1.165, 1.54) is 16.3 Å². The van der Waals surface area contributed by atoms with Crippen LogP contribution in [0.25, 0.3) is 5.65 Å². The number of aromatic nitrogens is 4. The van der Waals surface area contributed by atoms with Crippen LogP contribution in [-0.2, 0) is 14.8 Å². The molecule has 2 N–H and O–H groups in total. The lowest BCUT2D eigenvalue weighted by Crippen LogP contribution is -2.42. The fourth-order valence-corrected chi connectivity index (χ4v) is 4.21. The summed E-state index contributed by atoms with van der Waals surface area (Å²) in [6.07, 6.45) is 3.51. The van der Waals surface area contributed by atoms with Gasteiger partial charge in [0.15, 0.2) is 16.0 Å². The molecule has 12 heteroatoms. The molecule has 0 amide bonds. The van der Waals surface area contributed by atoms with Gasteiger partial charge in [0.2, 0.25) is 16.0 Å². The standard InChI is InChI=1S/C13H19ClN6O3S2/c1-24-13-16-11-7-10(14)18-20(11)12(17-13)15-4-6-25(21,22)19-9-3-2-5-23-8-9/h7,9,19H,2-6,8H2,1H3,(H,15,16,17). The maximum absolute atomic E-state index is 12.2. The van der Waals surface area contributed by atoms with Crippen molar-refractivity contribution < 1.29 is 13.2 Å². The van der Waals surface area contributed by atoms with E-state index in [1.807, 2.05) is 6.26 Å². The average molecular weight is 407 g/mol. The molecule has 3 heterocycles. The van der Waals surface area contributed by atoms with Crippen molar-refractivity contribution in [2.45, 2.75) is 24.0 Å². The van der Waals surface area contributed by atoms with Crippen LogP contribution in [0.3, 0.4) is 0 Å². The van der Waals surface area contributed by atoms with Gasteiger partial charge in [0.1, 0.15) is 0 Å². The van der Waals surface area contributed by atoms with Gasteiger partial charge in [0, 0.05) is 25.3 Å². The molecule has 1 unspecified atom stereocenters. The fraction of sp³-hybridized carbons (Fsp3) is 0.615. The van der Waals surface area contributed by atoms with E-state index in [1.54, 1.807) is 6.07 Å². The molecular weight excluding hydrogens is 388 g/mol. The second kappa shape index (κ2) is 8.04. The van der Waals surface area contributed by atoms with Gasteiger partial charge in [0.25, 0.3) is 0 Å². The SMILES string of the molecule is CSc1nc(NCCS(=O)(=O)NC2CCCOC2)n2nc(Cl)cc2n1. The van der Waals surface area contributed by atoms with Crippen molar-refractivity contribution in [1.82, 2.24) is 24.3 Å². The van der Waals surface area contributed by atoms with E-state index in [2.05, 4.69) is 25.1 Å². The van der Waals surface area contributed by atoms with Gasteiger partial charge >= 0.3 is 0 Å². The van der Waals surface area contributed by atoms with Gasteiger partial charge in [0.05, 0.1) is 12.4 Å². The number of nitrogens with one attached hydrogen (secondary N) is 2. The van der Waals surface area contributed by atoms with Gasteiger partial charge < -0.3 is 10.1 Å². The second-order valence-electron chi connectivity index (χ2n) is 5.55. The molecule has 2 aromatic heterocycles. The zero-order chi connectivity index (χ0) is 17.9. The highest BCUT2D eigenvalue weighted by Gasteiger charge is 2.20. The molecule has 0 saturated carbocycles. The Labute approximate surface area is 154 Å². The predicted octanol–water partition coefficient (Wildman–Crippen LogP) is 1.01. The lowest BCUT2D eigenvalue weighted by atomic mass is 10.1. The summed E-state index contributed by atoms with van der Waals surface area (Å²) in [5, 5.41) is 7.94. The van der Waals surface area contributed by atoms with Crippen LogP contribution in [0.4, 0.5) is 5.95 Å².